The van der Waals surface area contributed by atoms with E-state index in [0.717, 1.165) is 25.3 Å². The van der Waals surface area contributed by atoms with Crippen LogP contribution in [-0.2, 0) is 14.3 Å². The second kappa shape index (κ2) is 17.6. The predicted molar refractivity (Wildman–Crippen MR) is 132 cm³/mol. The summed E-state index contributed by atoms with van der Waals surface area (Å²) in [6.07, 6.45) is 16.7. The highest BCUT2D eigenvalue weighted by Crippen LogP contribution is 2.35. The van der Waals surface area contributed by atoms with Crippen LogP contribution < -0.4 is 9.47 Å². The maximum Gasteiger partial charge on any atom is 0.338 e. The van der Waals surface area contributed by atoms with Gasteiger partial charge in [0.25, 0.3) is 5.69 Å². The van der Waals surface area contributed by atoms with Crippen molar-refractivity contribution >= 4 is 23.7 Å². The summed E-state index contributed by atoms with van der Waals surface area (Å²) in [5.41, 5.74) is -0.127. The van der Waals surface area contributed by atoms with Gasteiger partial charge in [0, 0.05) is 12.5 Å². The molecule has 0 fully saturated rings. The summed E-state index contributed by atoms with van der Waals surface area (Å²) in [7, 11) is 2.77. The average Bonchev–Trinajstić information content (AvgIpc) is 2.82. The number of benzene rings is 1. The second-order valence-electron chi connectivity index (χ2n) is 8.29. The molecule has 0 atom stereocenters. The number of unbranched alkanes of at least 4 members (excludes halogenated alkanes) is 11. The number of methoxy groups -OCH3 is 2. The Morgan fingerprint density at radius 2 is 1.35 bits per heavy atom. The van der Waals surface area contributed by atoms with Gasteiger partial charge in [-0.25, -0.2) is 4.79 Å². The van der Waals surface area contributed by atoms with Crippen molar-refractivity contribution in [2.45, 2.75) is 90.4 Å². The first-order valence-corrected chi connectivity index (χ1v) is 12.3. The Kier molecular flexibility index (Phi) is 15.0. The Bertz CT molecular complexity index is 805. The fourth-order valence-electron chi connectivity index (χ4n) is 3.64. The summed E-state index contributed by atoms with van der Waals surface area (Å²) in [5, 5.41) is 11.3. The topological polar surface area (TPSA) is 105 Å². The molecule has 0 radical (unpaired) electrons. The molecule has 8 nitrogen and oxygen atoms in total. The molecule has 8 heteroatoms. The van der Waals surface area contributed by atoms with Gasteiger partial charge in [-0.1, -0.05) is 77.6 Å². The molecule has 0 heterocycles. The van der Waals surface area contributed by atoms with E-state index in [4.69, 9.17) is 14.2 Å². The minimum absolute atomic E-state index is 0.132. The Morgan fingerprint density at radius 1 is 0.853 bits per heavy atom. The van der Waals surface area contributed by atoms with Crippen molar-refractivity contribution in [1.82, 2.24) is 0 Å². The summed E-state index contributed by atoms with van der Waals surface area (Å²) in [4.78, 5) is 34.6. The van der Waals surface area contributed by atoms with Gasteiger partial charge in [-0.15, -0.1) is 0 Å². The number of ether oxygens (including phenoxy) is 3. The number of hydrogen-bond donors (Lipinski definition) is 0. The molecule has 1 aromatic rings. The van der Waals surface area contributed by atoms with Gasteiger partial charge in [0.05, 0.1) is 30.8 Å². The number of nitro groups is 1. The molecule has 0 aliphatic heterocycles. The number of esters is 2. The molecule has 0 N–H and O–H groups in total. The van der Waals surface area contributed by atoms with Crippen molar-refractivity contribution in [2.24, 2.45) is 0 Å². The summed E-state index contributed by atoms with van der Waals surface area (Å²) in [5.74, 6) is -0.979. The van der Waals surface area contributed by atoms with Gasteiger partial charge in [-0.2, -0.15) is 0 Å². The molecule has 1 aromatic carbocycles. The molecule has 34 heavy (non-hydrogen) atoms. The number of nitro benzene ring substituents is 1. The third-order valence-corrected chi connectivity index (χ3v) is 5.58. The number of hydrogen-bond acceptors (Lipinski definition) is 7. The van der Waals surface area contributed by atoms with E-state index in [9.17, 15) is 19.7 Å². The summed E-state index contributed by atoms with van der Waals surface area (Å²) in [6, 6.07) is 2.59. The lowest BCUT2D eigenvalue weighted by atomic mass is 10.0. The molecule has 0 bridgehead atoms. The lowest BCUT2D eigenvalue weighted by Crippen LogP contribution is -2.09. The fourth-order valence-corrected chi connectivity index (χ4v) is 3.64. The quantitative estimate of drug-likeness (QED) is 0.0572. The molecular formula is C26H39NO7. The molecule has 0 spiro atoms. The highest BCUT2D eigenvalue weighted by atomic mass is 16.6. The molecule has 0 unspecified atom stereocenters. The van der Waals surface area contributed by atoms with Crippen molar-refractivity contribution in [3.63, 3.8) is 0 Å². The van der Waals surface area contributed by atoms with Crippen molar-refractivity contribution in [1.29, 1.82) is 0 Å². The van der Waals surface area contributed by atoms with Crippen LogP contribution in [0, 0.1) is 10.1 Å². The van der Waals surface area contributed by atoms with E-state index in [-0.39, 0.29) is 29.2 Å². The maximum absolute atomic E-state index is 11.9. The zero-order valence-electron chi connectivity index (χ0n) is 20.8. The van der Waals surface area contributed by atoms with Gasteiger partial charge < -0.3 is 14.2 Å². The first-order chi connectivity index (χ1) is 16.4. The maximum atomic E-state index is 11.9. The van der Waals surface area contributed by atoms with Crippen LogP contribution in [0.25, 0.3) is 6.08 Å². The zero-order valence-corrected chi connectivity index (χ0v) is 20.8. The van der Waals surface area contributed by atoms with Crippen LogP contribution >= 0.6 is 0 Å². The minimum atomic E-state index is -0.868. The van der Waals surface area contributed by atoms with Gasteiger partial charge in [0.15, 0.2) is 11.5 Å². The molecule has 0 aromatic heterocycles. The van der Waals surface area contributed by atoms with Gasteiger partial charge in [0.2, 0.25) is 0 Å². The first-order valence-electron chi connectivity index (χ1n) is 12.3. The van der Waals surface area contributed by atoms with Gasteiger partial charge in [-0.3, -0.25) is 14.9 Å². The number of rotatable bonds is 18. The third kappa shape index (κ3) is 11.8. The Labute approximate surface area is 202 Å². The van der Waals surface area contributed by atoms with Crippen LogP contribution in [0.4, 0.5) is 5.69 Å². The normalized spacial score (nSPS) is 10.9. The van der Waals surface area contributed by atoms with E-state index in [0.29, 0.717) is 6.42 Å². The summed E-state index contributed by atoms with van der Waals surface area (Å²) in [6.45, 7) is 2.23. The summed E-state index contributed by atoms with van der Waals surface area (Å²) >= 11 is 0. The van der Waals surface area contributed by atoms with Crippen LogP contribution in [-0.4, -0.2) is 31.1 Å². The van der Waals surface area contributed by atoms with E-state index in [1.54, 1.807) is 0 Å². The van der Waals surface area contributed by atoms with Crippen LogP contribution in [0.1, 0.15) is 96.0 Å². The predicted octanol–water partition coefficient (Wildman–Crippen LogP) is 6.79. The van der Waals surface area contributed by atoms with E-state index in [1.807, 2.05) is 0 Å². The van der Waals surface area contributed by atoms with Crippen LogP contribution in [0.3, 0.4) is 0 Å². The van der Waals surface area contributed by atoms with E-state index >= 15 is 0 Å². The standard InChI is InChI=1S/C26H39NO7/c1-4-5-6-7-8-9-10-11-12-13-14-15-16-25(28)34-26(29)18-17-21-19-23(32-2)24(33-3)20-22(21)27(30)31/h17-20H,4-16H2,1-3H3. The Morgan fingerprint density at radius 3 is 1.85 bits per heavy atom. The lowest BCUT2D eigenvalue weighted by Gasteiger charge is -2.08. The van der Waals surface area contributed by atoms with Crippen molar-refractivity contribution < 1.29 is 28.7 Å². The SMILES string of the molecule is CCCCCCCCCCCCCCC(=O)OC(=O)C=Cc1cc(OC)c(OC)cc1[N+](=O)[O-]. The molecule has 190 valence electrons. The van der Waals surface area contributed by atoms with E-state index in [2.05, 4.69) is 6.92 Å². The van der Waals surface area contributed by atoms with E-state index < -0.39 is 16.9 Å². The number of carbonyl (C=O) groups excluding carboxylic acids is 2. The first kappa shape index (κ1) is 29.1. The molecule has 0 amide bonds. The minimum Gasteiger partial charge on any atom is -0.493 e. The van der Waals surface area contributed by atoms with Crippen molar-refractivity contribution in [3.8, 4) is 11.5 Å². The molecule has 1 rings (SSSR count). The Hall–Kier alpha value is -2.90. The van der Waals surface area contributed by atoms with Crippen molar-refractivity contribution in [2.75, 3.05) is 14.2 Å². The highest BCUT2D eigenvalue weighted by molar-refractivity contribution is 5.95. The number of nitrogens with zero attached hydrogens (tertiary/aromatic N) is 1. The van der Waals surface area contributed by atoms with Gasteiger partial charge in [0.1, 0.15) is 0 Å². The molecule has 0 saturated carbocycles. The molecule has 0 aliphatic carbocycles. The van der Waals surface area contributed by atoms with E-state index in [1.165, 1.54) is 83.8 Å². The molecule has 0 aliphatic rings. The van der Waals surface area contributed by atoms with Crippen LogP contribution in [0.5, 0.6) is 11.5 Å². The highest BCUT2D eigenvalue weighted by Gasteiger charge is 2.18. The lowest BCUT2D eigenvalue weighted by molar-refractivity contribution is -0.385. The zero-order chi connectivity index (χ0) is 25.2. The molecule has 0 saturated heterocycles. The van der Waals surface area contributed by atoms with Gasteiger partial charge >= 0.3 is 11.9 Å². The third-order valence-electron chi connectivity index (χ3n) is 5.58. The van der Waals surface area contributed by atoms with Crippen molar-refractivity contribution in [3.05, 3.63) is 33.9 Å². The smallest absolute Gasteiger partial charge is 0.338 e. The van der Waals surface area contributed by atoms with Crippen LogP contribution in [0.2, 0.25) is 0 Å². The monoisotopic (exact) mass is 477 g/mol. The largest absolute Gasteiger partial charge is 0.493 e. The molecular weight excluding hydrogens is 438 g/mol. The Balaban J connectivity index is 2.31. The summed E-state index contributed by atoms with van der Waals surface area (Å²) < 4.78 is 15.0. The second-order valence-corrected chi connectivity index (χ2v) is 8.29. The van der Waals surface area contributed by atoms with Gasteiger partial charge in [-0.05, 0) is 18.6 Å². The number of carbonyl (C=O) groups is 2. The van der Waals surface area contributed by atoms with Crippen LogP contribution in [0.15, 0.2) is 18.2 Å². The average molecular weight is 478 g/mol. The fraction of sp³-hybridized carbons (Fsp3) is 0.615.